The van der Waals surface area contributed by atoms with Gasteiger partial charge in [0.25, 0.3) is 3.25 Å². The van der Waals surface area contributed by atoms with Gasteiger partial charge < -0.3 is 24.3 Å². The van der Waals surface area contributed by atoms with Crippen LogP contribution in [-0.4, -0.2) is 37.0 Å². The van der Waals surface area contributed by atoms with Crippen molar-refractivity contribution in [3.63, 3.8) is 0 Å². The Morgan fingerprint density at radius 2 is 1.23 bits per heavy atom. The maximum absolute atomic E-state index is 11.2. The molecule has 0 spiro atoms. The fourth-order valence-electron chi connectivity index (χ4n) is 1.86. The van der Waals surface area contributed by atoms with Crippen LogP contribution in [0, 0.1) is 21.8 Å². The average Bonchev–Trinajstić information content (AvgIpc) is 2.72. The summed E-state index contributed by atoms with van der Waals surface area (Å²) in [6.07, 6.45) is 0. The average molecular weight is 799 g/mol. The molecule has 191 valence electrons. The molecule has 0 aliphatic heterocycles. The van der Waals surface area contributed by atoms with E-state index in [-0.39, 0.29) is 92.2 Å². The topological polar surface area (TPSA) is 65.0 Å². The molecule has 0 saturated carbocycles. The van der Waals surface area contributed by atoms with Crippen molar-refractivity contribution < 1.29 is 84.5 Å². The number of rotatable bonds is 3. The van der Waals surface area contributed by atoms with Gasteiger partial charge in [-0.05, 0) is 30.2 Å². The predicted molar refractivity (Wildman–Crippen MR) is 149 cm³/mol. The summed E-state index contributed by atoms with van der Waals surface area (Å²) in [5, 5.41) is 0.665. The van der Waals surface area contributed by atoms with Crippen molar-refractivity contribution in [2.75, 3.05) is 14.2 Å². The number of thiol groups is 1. The second kappa shape index (κ2) is 30.0. The minimum atomic E-state index is -1.61. The Labute approximate surface area is 295 Å². The zero-order valence-corrected chi connectivity index (χ0v) is 31.2. The van der Waals surface area contributed by atoms with Crippen molar-refractivity contribution in [2.24, 2.45) is 4.30 Å². The van der Waals surface area contributed by atoms with Gasteiger partial charge in [0.2, 0.25) is 0 Å². The minimum absolute atomic E-state index is 0. The van der Waals surface area contributed by atoms with Crippen LogP contribution in [0.4, 0.5) is 0 Å². The Hall–Kier alpha value is 1.44. The SMILES string of the molecule is COC(=O)c1ccccc1C.COC(=O)c1ccccc1CBr.ClC(Cl)(Cl)Cl.[B]=NS.[CH3-].[CH3-].[Y].[Y]. The van der Waals surface area contributed by atoms with E-state index < -0.39 is 3.25 Å². The number of hydrogen-bond acceptors (Lipinski definition) is 6. The molecule has 0 aromatic heterocycles. The molecule has 0 amide bonds. The van der Waals surface area contributed by atoms with Crippen molar-refractivity contribution >= 4 is 94.7 Å². The summed E-state index contributed by atoms with van der Waals surface area (Å²) in [5.41, 5.74) is 3.15. The minimum Gasteiger partial charge on any atom is -0.358 e. The van der Waals surface area contributed by atoms with E-state index in [4.69, 9.17) is 46.4 Å². The molecular weight excluding hydrogens is 773 g/mol. The van der Waals surface area contributed by atoms with Gasteiger partial charge in [-0.25, -0.2) is 9.59 Å². The van der Waals surface area contributed by atoms with Crippen LogP contribution in [0.2, 0.25) is 0 Å². The molecule has 0 aliphatic carbocycles. The number of carbonyl (C=O) groups excluding carboxylic acids is 2. The van der Waals surface area contributed by atoms with Gasteiger partial charge >= 0.3 is 36.7 Å². The number of esters is 2. The standard InChI is InChI=1S/C9H9BrO2.C9H10O2.CCl4.2CH3.BHNS.2Y/c1-12-9(11)8-5-3-2-4-7(8)6-10;1-7-5-3-4-6-8(7)9(10)11-2;2-1(3,4)5;;;1-2-3;;/h2-5H,6H2,1H3;3-6H,1-2H3;;2*1H3;3H;;/q;;;2*-1;;;. The molecule has 35 heavy (non-hydrogen) atoms. The van der Waals surface area contributed by atoms with Gasteiger partial charge in [-0.3, -0.25) is 0 Å². The van der Waals surface area contributed by atoms with E-state index in [1.807, 2.05) is 43.3 Å². The molecular formula is C21H26BBrCl4NO4SY2-2. The molecule has 0 saturated heterocycles. The Morgan fingerprint density at radius 1 is 0.914 bits per heavy atom. The molecule has 2 aromatic rings. The summed E-state index contributed by atoms with van der Waals surface area (Å²) in [6.45, 7) is 1.88. The number of halogens is 5. The molecule has 0 aliphatic rings. The van der Waals surface area contributed by atoms with Crippen LogP contribution in [0.15, 0.2) is 52.8 Å². The summed E-state index contributed by atoms with van der Waals surface area (Å²) < 4.78 is 10.3. The van der Waals surface area contributed by atoms with Crippen LogP contribution in [-0.2, 0) is 80.2 Å². The molecule has 0 N–H and O–H groups in total. The van der Waals surface area contributed by atoms with Gasteiger partial charge in [-0.15, -0.1) is 0 Å². The normalized spacial score (nSPS) is 8.23. The van der Waals surface area contributed by atoms with Gasteiger partial charge in [0.1, 0.15) is 0 Å². The van der Waals surface area contributed by atoms with Gasteiger partial charge in [-0.2, -0.15) is 0 Å². The second-order valence-corrected chi connectivity index (χ2v) is 9.35. The number of ether oxygens (including phenoxy) is 2. The van der Waals surface area contributed by atoms with Crippen molar-refractivity contribution in [3.8, 4) is 0 Å². The predicted octanol–water partition coefficient (Wildman–Crippen LogP) is 7.78. The van der Waals surface area contributed by atoms with Crippen LogP contribution >= 0.6 is 75.1 Å². The van der Waals surface area contributed by atoms with Crippen molar-refractivity contribution in [1.82, 2.24) is 0 Å². The van der Waals surface area contributed by atoms with Crippen LogP contribution in [0.3, 0.4) is 0 Å². The number of benzene rings is 2. The Balaban J connectivity index is -0.0000000853. The fraction of sp³-hybridized carbons (Fsp3) is 0.238. The third-order valence-corrected chi connectivity index (χ3v) is 3.72. The van der Waals surface area contributed by atoms with Crippen molar-refractivity contribution in [2.45, 2.75) is 15.5 Å². The smallest absolute Gasteiger partial charge is 0 e. The fourth-order valence-corrected chi connectivity index (χ4v) is 2.35. The van der Waals surface area contributed by atoms with E-state index in [1.165, 1.54) is 14.2 Å². The number of alkyl halides is 5. The van der Waals surface area contributed by atoms with Crippen LogP contribution in [0.5, 0.6) is 0 Å². The number of carbonyl (C=O) groups is 2. The molecule has 0 bridgehead atoms. The van der Waals surface area contributed by atoms with Crippen LogP contribution < -0.4 is 0 Å². The maximum atomic E-state index is 11.2. The maximum Gasteiger partial charge on any atom is 0 e. The third kappa shape index (κ3) is 28.3. The summed E-state index contributed by atoms with van der Waals surface area (Å²) in [7, 11) is 7.10. The van der Waals surface area contributed by atoms with E-state index in [9.17, 15) is 9.59 Å². The van der Waals surface area contributed by atoms with E-state index >= 15 is 0 Å². The molecule has 3 radical (unpaired) electrons. The molecule has 2 aromatic carbocycles. The van der Waals surface area contributed by atoms with Crippen molar-refractivity contribution in [1.29, 1.82) is 0 Å². The van der Waals surface area contributed by atoms with Gasteiger partial charge in [0.05, 0.1) is 25.3 Å². The van der Waals surface area contributed by atoms with Gasteiger partial charge in [0, 0.05) is 70.7 Å². The first-order valence-electron chi connectivity index (χ1n) is 8.12. The zero-order valence-electron chi connectivity index (χ0n) is 20.0. The van der Waals surface area contributed by atoms with E-state index in [2.05, 4.69) is 50.2 Å². The zero-order chi connectivity index (χ0) is 24.4. The number of methoxy groups -OCH3 is 2. The monoisotopic (exact) mass is 796 g/mol. The molecule has 2 rings (SSSR count). The number of aryl methyl sites for hydroxylation is 1. The van der Waals surface area contributed by atoms with Crippen LogP contribution in [0.1, 0.15) is 31.8 Å². The first-order valence-corrected chi connectivity index (χ1v) is 11.2. The molecule has 0 unspecified atom stereocenters. The summed E-state index contributed by atoms with van der Waals surface area (Å²) in [5.74, 6) is -0.562. The largest absolute Gasteiger partial charge is 0.358 e. The Kier molecular flexibility index (Phi) is 42.3. The molecule has 0 fully saturated rings. The molecule has 0 heterocycles. The number of hydrogen-bond donors (Lipinski definition) is 1. The van der Waals surface area contributed by atoms with Gasteiger partial charge in [-0.1, -0.05) is 98.7 Å². The Bertz CT molecular complexity index is 832. The summed E-state index contributed by atoms with van der Waals surface area (Å²) >= 11 is 25.8. The second-order valence-electron chi connectivity index (χ2n) is 5.13. The van der Waals surface area contributed by atoms with E-state index in [0.717, 1.165) is 11.1 Å². The first-order chi connectivity index (χ1) is 14.5. The molecule has 0 atom stereocenters. The van der Waals surface area contributed by atoms with E-state index in [1.54, 1.807) is 12.1 Å². The molecule has 5 nitrogen and oxygen atoms in total. The molecule has 14 heteroatoms. The number of nitrogens with zero attached hydrogens (tertiary/aromatic N) is 1. The van der Waals surface area contributed by atoms with Gasteiger partial charge in [0.15, 0.2) is 0 Å². The summed E-state index contributed by atoms with van der Waals surface area (Å²) in [6, 6.07) is 14.7. The quantitative estimate of drug-likeness (QED) is 0.113. The van der Waals surface area contributed by atoms with Crippen LogP contribution in [0.25, 0.3) is 0 Å². The van der Waals surface area contributed by atoms with E-state index in [0.29, 0.717) is 16.5 Å². The third-order valence-electron chi connectivity index (χ3n) is 3.12. The summed E-state index contributed by atoms with van der Waals surface area (Å²) in [4.78, 5) is 22.2. The van der Waals surface area contributed by atoms with Crippen molar-refractivity contribution in [3.05, 3.63) is 85.6 Å². The first kappa shape index (κ1) is 49.4. The Morgan fingerprint density at radius 3 is 1.57 bits per heavy atom.